The van der Waals surface area contributed by atoms with Crippen molar-refractivity contribution in [2.24, 2.45) is 9.03 Å². The highest BCUT2D eigenvalue weighted by Gasteiger charge is 2.34. The third-order valence-electron chi connectivity index (χ3n) is 4.11. The van der Waals surface area contributed by atoms with Crippen molar-refractivity contribution in [3.63, 3.8) is 0 Å². The van der Waals surface area contributed by atoms with Crippen LogP contribution in [0.25, 0.3) is 0 Å². The Bertz CT molecular complexity index is 462. The lowest BCUT2D eigenvalue weighted by atomic mass is 11.0. The Morgan fingerprint density at radius 3 is 1.10 bits per heavy atom. The molecule has 4 nitrogen and oxygen atoms in total. The van der Waals surface area contributed by atoms with Gasteiger partial charge in [0.25, 0.3) is 0 Å². The molecule has 0 aromatic carbocycles. The Kier molecular flexibility index (Phi) is 6.24. The van der Waals surface area contributed by atoms with E-state index in [0.717, 1.165) is 24.6 Å². The van der Waals surface area contributed by atoms with Gasteiger partial charge in [-0.1, -0.05) is 27.7 Å². The molecule has 0 amide bonds. The molecule has 4 atom stereocenters. The largest absolute Gasteiger partial charge is 0.230 e. The first kappa shape index (κ1) is 19.0. The molecule has 8 heteroatoms. The van der Waals surface area contributed by atoms with Crippen LogP contribution in [0.15, 0.2) is 9.03 Å². The molecule has 1 rings (SSSR count). The van der Waals surface area contributed by atoms with Gasteiger partial charge in [-0.2, -0.15) is 9.03 Å². The Hall–Kier alpha value is 0.920. The topological polar surface area (TPSA) is 52.7 Å². The predicted octanol–water partition coefficient (Wildman–Crippen LogP) is 3.22. The minimum Gasteiger partial charge on any atom is -0.230 e. The third-order valence-corrected chi connectivity index (χ3v) is 22.3. The zero-order valence-electron chi connectivity index (χ0n) is 14.5. The number of hydrogen-bond donors (Lipinski definition) is 2. The minimum absolute atomic E-state index is 1.14. The van der Waals surface area contributed by atoms with Crippen LogP contribution in [0.5, 0.6) is 0 Å². The molecule has 120 valence electrons. The monoisotopic (exact) mass is 358 g/mol. The summed E-state index contributed by atoms with van der Waals surface area (Å²) >= 11 is 0. The molecule has 0 aromatic rings. The fourth-order valence-corrected chi connectivity index (χ4v) is 23.2. The maximum Gasteiger partial charge on any atom is 0.207 e. The van der Waals surface area contributed by atoms with Gasteiger partial charge in [0.05, 0.1) is 0 Å². The molecule has 0 radical (unpaired) electrons. The van der Waals surface area contributed by atoms with Gasteiger partial charge in [0, 0.05) is 51.3 Å². The van der Waals surface area contributed by atoms with Crippen molar-refractivity contribution in [3.05, 3.63) is 0 Å². The summed E-state index contributed by atoms with van der Waals surface area (Å²) in [6, 6.07) is 0. The molecule has 0 bridgehead atoms. The molecule has 0 saturated heterocycles. The summed E-state index contributed by atoms with van der Waals surface area (Å²) in [6.45, 7) is 18.6. The van der Waals surface area contributed by atoms with Gasteiger partial charge in [0.1, 0.15) is 0 Å². The third kappa shape index (κ3) is 4.46. The van der Waals surface area contributed by atoms with Gasteiger partial charge in [-0.15, -0.1) is 0 Å². The highest BCUT2D eigenvalue weighted by molar-refractivity contribution is 7.79. The standard InChI is InChI=1S/C12H32N4P4/c1-9-17(5)13-18(6,10-2)15-20(8,12-4)16-19(7,11-3)14-17/h9-12H2,1-8H3/p+2. The van der Waals surface area contributed by atoms with Crippen molar-refractivity contribution in [3.8, 4) is 0 Å². The van der Waals surface area contributed by atoms with Crippen molar-refractivity contribution in [1.29, 1.82) is 0 Å². The van der Waals surface area contributed by atoms with Crippen LogP contribution in [0.2, 0.25) is 0 Å². The molecule has 2 N–H and O–H groups in total. The second-order valence-corrected chi connectivity index (χ2v) is 20.9. The van der Waals surface area contributed by atoms with Crippen molar-refractivity contribution in [1.82, 2.24) is 0 Å². The predicted molar refractivity (Wildman–Crippen MR) is 100 cm³/mol. The van der Waals surface area contributed by atoms with E-state index in [9.17, 15) is 0 Å². The van der Waals surface area contributed by atoms with Crippen molar-refractivity contribution in [2.45, 2.75) is 27.7 Å². The Morgan fingerprint density at radius 1 is 0.600 bits per heavy atom. The van der Waals surface area contributed by atoms with Gasteiger partial charge in [-0.3, -0.25) is 0 Å². The highest BCUT2D eigenvalue weighted by atomic mass is 31.3. The summed E-state index contributed by atoms with van der Waals surface area (Å²) in [4.78, 5) is 0. The number of nitrogens with zero attached hydrogens (tertiary/aromatic N) is 2. The molecule has 20 heavy (non-hydrogen) atoms. The summed E-state index contributed by atoms with van der Waals surface area (Å²) < 4.78 is 18.8. The summed E-state index contributed by atoms with van der Waals surface area (Å²) in [5.74, 6) is 0. The normalized spacial score (nSPS) is 45.2. The van der Waals surface area contributed by atoms with E-state index in [1.165, 1.54) is 0 Å². The van der Waals surface area contributed by atoms with E-state index in [1.54, 1.807) is 0 Å². The van der Waals surface area contributed by atoms with Crippen LogP contribution in [0.1, 0.15) is 27.7 Å². The molecular formula is C12H34N4P4+2. The van der Waals surface area contributed by atoms with Crippen LogP contribution in [-0.2, 0) is 0 Å². The van der Waals surface area contributed by atoms with E-state index < -0.39 is 28.8 Å². The van der Waals surface area contributed by atoms with Gasteiger partial charge in [0.15, 0.2) is 0 Å². The summed E-state index contributed by atoms with van der Waals surface area (Å²) in [6.07, 6.45) is 4.54. The van der Waals surface area contributed by atoms with Gasteiger partial charge in [-0.25, -0.2) is 9.03 Å². The maximum atomic E-state index is 5.42. The number of nitrogens with one attached hydrogen (secondary N) is 2. The molecule has 0 aromatic heterocycles. The lowest BCUT2D eigenvalue weighted by Gasteiger charge is -2.22. The first-order chi connectivity index (χ1) is 9.07. The Morgan fingerprint density at radius 2 is 0.900 bits per heavy atom. The molecule has 0 saturated carbocycles. The lowest BCUT2D eigenvalue weighted by Crippen LogP contribution is -2.65. The fraction of sp³-hybridized carbons (Fsp3) is 1.00. The van der Waals surface area contributed by atoms with E-state index in [2.05, 4.69) is 63.4 Å². The Balaban J connectivity index is 3.79. The smallest absolute Gasteiger partial charge is 0.207 e. The second-order valence-electron chi connectivity index (χ2n) is 6.20. The van der Waals surface area contributed by atoms with Crippen LogP contribution in [0.3, 0.4) is 0 Å². The average molecular weight is 358 g/mol. The minimum atomic E-state index is -1.42. The van der Waals surface area contributed by atoms with Crippen LogP contribution in [-0.4, -0.2) is 51.3 Å². The number of rotatable bonds is 4. The van der Waals surface area contributed by atoms with Crippen molar-refractivity contribution in [2.75, 3.05) is 51.3 Å². The lowest BCUT2D eigenvalue weighted by molar-refractivity contribution is -0.250. The summed E-state index contributed by atoms with van der Waals surface area (Å²) in [5, 5.41) is 0. The number of hydrogen-bond acceptors (Lipinski definition) is 2. The van der Waals surface area contributed by atoms with Gasteiger partial charge in [-0.05, 0) is 0 Å². The molecule has 0 aliphatic carbocycles. The van der Waals surface area contributed by atoms with Crippen LogP contribution >= 0.6 is 28.8 Å². The molecule has 4 unspecified atom stereocenters. The quantitative estimate of drug-likeness (QED) is 0.725. The van der Waals surface area contributed by atoms with Crippen molar-refractivity contribution < 1.29 is 9.03 Å². The summed E-state index contributed by atoms with van der Waals surface area (Å²) in [7, 11) is -5.69. The van der Waals surface area contributed by atoms with Gasteiger partial charge >= 0.3 is 0 Å². The van der Waals surface area contributed by atoms with Crippen LogP contribution in [0, 0.1) is 0 Å². The fourth-order valence-electron chi connectivity index (χ4n) is 2.42. The van der Waals surface area contributed by atoms with Crippen LogP contribution < -0.4 is 9.03 Å². The van der Waals surface area contributed by atoms with E-state index in [-0.39, 0.29) is 0 Å². The second kappa shape index (κ2) is 6.58. The first-order valence-electron chi connectivity index (χ1n) is 7.58. The van der Waals surface area contributed by atoms with E-state index in [4.69, 9.17) is 9.03 Å². The first-order valence-corrected chi connectivity index (χ1v) is 17.1. The molecule has 1 aliphatic rings. The average Bonchev–Trinajstić information content (AvgIpc) is 2.36. The Labute approximate surface area is 126 Å². The van der Waals surface area contributed by atoms with Crippen LogP contribution in [0.4, 0.5) is 0 Å². The van der Waals surface area contributed by atoms with Gasteiger partial charge in [0.2, 0.25) is 28.8 Å². The van der Waals surface area contributed by atoms with Crippen molar-refractivity contribution >= 4 is 28.8 Å². The molecule has 1 heterocycles. The molecule has 0 spiro atoms. The molecule has 0 fully saturated rings. The zero-order valence-corrected chi connectivity index (χ0v) is 18.1. The molecule has 1 aliphatic heterocycles. The van der Waals surface area contributed by atoms with E-state index >= 15 is 0 Å². The van der Waals surface area contributed by atoms with Gasteiger partial charge < -0.3 is 0 Å². The zero-order chi connectivity index (χ0) is 15.7. The van der Waals surface area contributed by atoms with E-state index in [1.807, 2.05) is 0 Å². The molecular weight excluding hydrogens is 324 g/mol. The maximum absolute atomic E-state index is 5.42. The highest BCUT2D eigenvalue weighted by Crippen LogP contribution is 2.59. The van der Waals surface area contributed by atoms with E-state index in [0.29, 0.717) is 0 Å². The SMILES string of the molecule is CCP1(C)=NP(C)(CC)=[NH+]P(C)(CC)=NP(C)(CC)=[NH+]1. The summed E-state index contributed by atoms with van der Waals surface area (Å²) in [5.41, 5.74) is 0.